The third-order valence-electron chi connectivity index (χ3n) is 2.25. The normalized spacial score (nSPS) is 13.8. The molecule has 1 atom stereocenters. The molecule has 7 heteroatoms. The van der Waals surface area contributed by atoms with E-state index in [1.807, 2.05) is 0 Å². The van der Waals surface area contributed by atoms with Crippen LogP contribution in [0.15, 0.2) is 18.2 Å². The van der Waals surface area contributed by atoms with E-state index in [9.17, 15) is 19.1 Å². The van der Waals surface area contributed by atoms with Crippen LogP contribution in [-0.2, 0) is 4.79 Å². The number of aliphatic carboxylic acids is 1. The van der Waals surface area contributed by atoms with E-state index in [4.69, 9.17) is 16.7 Å². The van der Waals surface area contributed by atoms with Crippen LogP contribution in [0.1, 0.15) is 17.3 Å². The second kappa shape index (κ2) is 5.32. The average molecular weight is 276 g/mol. The number of amides is 1. The number of carbonyl (C=O) groups excluding carboxylic acids is 1. The van der Waals surface area contributed by atoms with Crippen LogP contribution in [0.2, 0.25) is 5.02 Å². The lowest BCUT2D eigenvalue weighted by atomic mass is 10.1. The first-order valence-corrected chi connectivity index (χ1v) is 5.31. The Hall–Kier alpha value is -1.66. The zero-order chi connectivity index (χ0) is 13.9. The van der Waals surface area contributed by atoms with Crippen LogP contribution in [0.3, 0.4) is 0 Å². The molecule has 0 bridgehead atoms. The number of hydrogen-bond acceptors (Lipinski definition) is 3. The highest BCUT2D eigenvalue weighted by Crippen LogP contribution is 2.19. The Morgan fingerprint density at radius 1 is 1.50 bits per heavy atom. The molecule has 0 aromatic heterocycles. The predicted molar refractivity (Wildman–Crippen MR) is 62.0 cm³/mol. The third-order valence-corrected chi connectivity index (χ3v) is 2.63. The Morgan fingerprint density at radius 2 is 2.11 bits per heavy atom. The molecule has 5 nitrogen and oxygen atoms in total. The molecular weight excluding hydrogens is 265 g/mol. The summed E-state index contributed by atoms with van der Waals surface area (Å²) in [5, 5.41) is 19.8. The molecule has 0 aliphatic rings. The van der Waals surface area contributed by atoms with E-state index in [2.05, 4.69) is 5.32 Å². The Kier molecular flexibility index (Phi) is 4.26. The summed E-state index contributed by atoms with van der Waals surface area (Å²) >= 11 is 5.59. The molecule has 0 spiro atoms. The van der Waals surface area contributed by atoms with Gasteiger partial charge in [-0.3, -0.25) is 4.79 Å². The maximum Gasteiger partial charge on any atom is 0.337 e. The largest absolute Gasteiger partial charge is 0.479 e. The maximum absolute atomic E-state index is 13.1. The predicted octanol–water partition coefficient (Wildman–Crippen LogP) is 1.04. The molecule has 0 saturated carbocycles. The molecule has 1 rings (SSSR count). The second-order valence-corrected chi connectivity index (χ2v) is 4.24. The molecule has 1 aromatic rings. The van der Waals surface area contributed by atoms with Crippen LogP contribution in [0, 0.1) is 5.82 Å². The standard InChI is InChI=1S/C11H11ClFNO4/c1-11(18,10(16)17)5-14-9(15)6-3-2-4-7(13)8(6)12/h2-4,18H,5H2,1H3,(H,14,15)(H,16,17). The van der Waals surface area contributed by atoms with Gasteiger partial charge in [0.15, 0.2) is 5.60 Å². The average Bonchev–Trinajstić information content (AvgIpc) is 2.29. The van der Waals surface area contributed by atoms with Gasteiger partial charge in [0.05, 0.1) is 17.1 Å². The number of carbonyl (C=O) groups is 2. The van der Waals surface area contributed by atoms with E-state index < -0.39 is 29.8 Å². The molecule has 0 heterocycles. The van der Waals surface area contributed by atoms with Gasteiger partial charge in [0.2, 0.25) is 0 Å². The summed E-state index contributed by atoms with van der Waals surface area (Å²) in [6.45, 7) is 0.511. The second-order valence-electron chi connectivity index (χ2n) is 3.86. The molecule has 1 amide bonds. The quantitative estimate of drug-likeness (QED) is 0.766. The lowest BCUT2D eigenvalue weighted by Crippen LogP contribution is -2.46. The number of benzene rings is 1. The van der Waals surface area contributed by atoms with Crippen molar-refractivity contribution in [1.82, 2.24) is 5.32 Å². The fourth-order valence-corrected chi connectivity index (χ4v) is 1.31. The van der Waals surface area contributed by atoms with E-state index in [0.29, 0.717) is 0 Å². The summed E-state index contributed by atoms with van der Waals surface area (Å²) in [4.78, 5) is 22.2. The van der Waals surface area contributed by atoms with Crippen molar-refractivity contribution in [2.45, 2.75) is 12.5 Å². The number of halogens is 2. The molecule has 0 fully saturated rings. The Labute approximate surface area is 107 Å². The van der Waals surface area contributed by atoms with E-state index in [1.165, 1.54) is 12.1 Å². The molecule has 0 aliphatic heterocycles. The van der Waals surface area contributed by atoms with Crippen molar-refractivity contribution in [2.75, 3.05) is 6.54 Å². The molecule has 98 valence electrons. The van der Waals surface area contributed by atoms with Crippen molar-refractivity contribution in [2.24, 2.45) is 0 Å². The lowest BCUT2D eigenvalue weighted by molar-refractivity contribution is -0.155. The van der Waals surface area contributed by atoms with Gasteiger partial charge in [0.1, 0.15) is 5.82 Å². The van der Waals surface area contributed by atoms with Gasteiger partial charge in [0.25, 0.3) is 5.91 Å². The van der Waals surface area contributed by atoms with E-state index in [-0.39, 0.29) is 10.6 Å². The van der Waals surface area contributed by atoms with Crippen LogP contribution in [0.4, 0.5) is 4.39 Å². The Morgan fingerprint density at radius 3 is 2.67 bits per heavy atom. The minimum absolute atomic E-state index is 0.127. The molecule has 3 N–H and O–H groups in total. The van der Waals surface area contributed by atoms with Crippen molar-refractivity contribution in [3.05, 3.63) is 34.6 Å². The summed E-state index contributed by atoms with van der Waals surface area (Å²) in [5.74, 6) is -3.00. The van der Waals surface area contributed by atoms with Crippen molar-refractivity contribution in [3.63, 3.8) is 0 Å². The molecular formula is C11H11ClFNO4. The number of nitrogens with one attached hydrogen (secondary N) is 1. The molecule has 0 aliphatic carbocycles. The highest BCUT2D eigenvalue weighted by Gasteiger charge is 2.30. The topological polar surface area (TPSA) is 86.6 Å². The van der Waals surface area contributed by atoms with E-state index >= 15 is 0 Å². The minimum atomic E-state index is -2.10. The number of carboxylic acids is 1. The summed E-state index contributed by atoms with van der Waals surface area (Å²) < 4.78 is 13.1. The van der Waals surface area contributed by atoms with Crippen molar-refractivity contribution >= 4 is 23.5 Å². The van der Waals surface area contributed by atoms with Crippen LogP contribution < -0.4 is 5.32 Å². The van der Waals surface area contributed by atoms with Gasteiger partial charge in [0, 0.05) is 0 Å². The van der Waals surface area contributed by atoms with Gasteiger partial charge in [-0.15, -0.1) is 0 Å². The highest BCUT2D eigenvalue weighted by molar-refractivity contribution is 6.34. The zero-order valence-electron chi connectivity index (χ0n) is 9.41. The minimum Gasteiger partial charge on any atom is -0.479 e. The number of carboxylic acid groups (broad SMARTS) is 1. The smallest absolute Gasteiger partial charge is 0.337 e. The van der Waals surface area contributed by atoms with Crippen molar-refractivity contribution < 1.29 is 24.2 Å². The van der Waals surface area contributed by atoms with Gasteiger partial charge in [-0.1, -0.05) is 17.7 Å². The van der Waals surface area contributed by atoms with Crippen LogP contribution >= 0.6 is 11.6 Å². The number of rotatable bonds is 4. The van der Waals surface area contributed by atoms with Crippen molar-refractivity contribution in [3.8, 4) is 0 Å². The number of hydrogen-bond donors (Lipinski definition) is 3. The van der Waals surface area contributed by atoms with Crippen LogP contribution in [0.25, 0.3) is 0 Å². The zero-order valence-corrected chi connectivity index (χ0v) is 10.2. The summed E-state index contributed by atoms with van der Waals surface area (Å²) in [7, 11) is 0. The lowest BCUT2D eigenvalue weighted by Gasteiger charge is -2.18. The first-order valence-electron chi connectivity index (χ1n) is 4.93. The van der Waals surface area contributed by atoms with E-state index in [1.54, 1.807) is 0 Å². The maximum atomic E-state index is 13.1. The van der Waals surface area contributed by atoms with Crippen molar-refractivity contribution in [1.29, 1.82) is 0 Å². The van der Waals surface area contributed by atoms with E-state index in [0.717, 1.165) is 13.0 Å². The fraction of sp³-hybridized carbons (Fsp3) is 0.273. The molecule has 1 aromatic carbocycles. The van der Waals surface area contributed by atoms with Gasteiger partial charge >= 0.3 is 5.97 Å². The first kappa shape index (κ1) is 14.4. The summed E-state index contributed by atoms with van der Waals surface area (Å²) in [5.41, 5.74) is -2.23. The molecule has 18 heavy (non-hydrogen) atoms. The summed E-state index contributed by atoms with van der Waals surface area (Å²) in [6.07, 6.45) is 0. The van der Waals surface area contributed by atoms with Gasteiger partial charge in [-0.05, 0) is 19.1 Å². The molecule has 0 radical (unpaired) electrons. The monoisotopic (exact) mass is 275 g/mol. The Bertz CT molecular complexity index is 490. The van der Waals surface area contributed by atoms with Gasteiger partial charge in [-0.25, -0.2) is 9.18 Å². The van der Waals surface area contributed by atoms with Gasteiger partial charge < -0.3 is 15.5 Å². The fourth-order valence-electron chi connectivity index (χ4n) is 1.10. The molecule has 1 unspecified atom stereocenters. The number of aliphatic hydroxyl groups is 1. The third kappa shape index (κ3) is 3.18. The summed E-state index contributed by atoms with van der Waals surface area (Å²) in [6, 6.07) is 3.67. The molecule has 0 saturated heterocycles. The Balaban J connectivity index is 2.78. The first-order chi connectivity index (χ1) is 8.25. The SMILES string of the molecule is CC(O)(CNC(=O)c1cccc(F)c1Cl)C(=O)O. The van der Waals surface area contributed by atoms with Gasteiger partial charge in [-0.2, -0.15) is 0 Å². The van der Waals surface area contributed by atoms with Crippen LogP contribution in [-0.4, -0.2) is 34.2 Å². The highest BCUT2D eigenvalue weighted by atomic mass is 35.5. The van der Waals surface area contributed by atoms with Crippen LogP contribution in [0.5, 0.6) is 0 Å².